The topological polar surface area (TPSA) is 6.48 Å². The Morgan fingerprint density at radius 2 is 0.673 bits per heavy atom. The van der Waals surface area contributed by atoms with Crippen LogP contribution in [0, 0.1) is 27.7 Å². The molecule has 0 saturated heterocycles. The predicted octanol–water partition coefficient (Wildman–Crippen LogP) is 14.3. The molecule has 2 nitrogen and oxygen atoms in total. The molecule has 0 radical (unpaired) electrons. The van der Waals surface area contributed by atoms with Gasteiger partial charge in [-0.2, -0.15) is 0 Å². The molecule has 52 heavy (non-hydrogen) atoms. The van der Waals surface area contributed by atoms with Crippen molar-refractivity contribution in [3.05, 3.63) is 203 Å². The lowest BCUT2D eigenvalue weighted by Gasteiger charge is -2.33. The van der Waals surface area contributed by atoms with E-state index in [4.69, 9.17) is 0 Å². The third-order valence-corrected chi connectivity index (χ3v) is 10.4. The van der Waals surface area contributed by atoms with Crippen molar-refractivity contribution in [1.82, 2.24) is 0 Å². The van der Waals surface area contributed by atoms with E-state index in [-0.39, 0.29) is 5.92 Å². The van der Waals surface area contributed by atoms with Crippen LogP contribution in [0.3, 0.4) is 0 Å². The summed E-state index contributed by atoms with van der Waals surface area (Å²) in [5, 5.41) is 4.79. The number of nitrogens with zero attached hydrogens (tertiary/aromatic N) is 2. The van der Waals surface area contributed by atoms with Crippen LogP contribution in [-0.4, -0.2) is 0 Å². The van der Waals surface area contributed by atoms with Gasteiger partial charge in [-0.05, 0) is 93.4 Å². The van der Waals surface area contributed by atoms with E-state index < -0.39 is 0 Å². The zero-order valence-electron chi connectivity index (χ0n) is 30.6. The molecule has 8 rings (SSSR count). The third kappa shape index (κ3) is 6.22. The molecule has 2 heteroatoms. The SMILES string of the molecule is Cc1ccc(N(c2ccc(C)cc2)c2c3ccccc3c(N(c3ccc(C)cc3)c3ccc(C)cc3)c3cc(C(C)c4ccccc4)ccc23)cc1. The molecule has 0 spiro atoms. The highest BCUT2D eigenvalue weighted by Crippen LogP contribution is 2.51. The molecule has 0 fully saturated rings. The van der Waals surface area contributed by atoms with Crippen molar-refractivity contribution in [2.75, 3.05) is 9.80 Å². The van der Waals surface area contributed by atoms with Crippen molar-refractivity contribution < 1.29 is 0 Å². The van der Waals surface area contributed by atoms with Gasteiger partial charge in [0.25, 0.3) is 0 Å². The first-order chi connectivity index (χ1) is 25.4. The second kappa shape index (κ2) is 13.9. The Morgan fingerprint density at radius 1 is 0.327 bits per heavy atom. The van der Waals surface area contributed by atoms with E-state index in [9.17, 15) is 0 Å². The van der Waals surface area contributed by atoms with E-state index in [1.165, 1.54) is 66.3 Å². The number of hydrogen-bond donors (Lipinski definition) is 0. The van der Waals surface area contributed by atoms with Gasteiger partial charge >= 0.3 is 0 Å². The number of aryl methyl sites for hydroxylation is 4. The van der Waals surface area contributed by atoms with Gasteiger partial charge in [0.1, 0.15) is 0 Å². The number of benzene rings is 8. The van der Waals surface area contributed by atoms with Crippen molar-refractivity contribution in [3.63, 3.8) is 0 Å². The minimum Gasteiger partial charge on any atom is -0.309 e. The second-order valence-corrected chi connectivity index (χ2v) is 14.2. The number of hydrogen-bond acceptors (Lipinski definition) is 2. The minimum absolute atomic E-state index is 0.214. The average Bonchev–Trinajstić information content (AvgIpc) is 3.18. The predicted molar refractivity (Wildman–Crippen MR) is 224 cm³/mol. The van der Waals surface area contributed by atoms with Crippen LogP contribution in [0.4, 0.5) is 34.1 Å². The number of rotatable bonds is 8. The van der Waals surface area contributed by atoms with E-state index in [1.807, 2.05) is 0 Å². The van der Waals surface area contributed by atoms with Gasteiger partial charge in [-0.1, -0.05) is 144 Å². The van der Waals surface area contributed by atoms with Crippen molar-refractivity contribution in [2.45, 2.75) is 40.5 Å². The normalized spacial score (nSPS) is 11.9. The number of anilines is 6. The summed E-state index contributed by atoms with van der Waals surface area (Å²) in [6, 6.07) is 62.7. The first-order valence-electron chi connectivity index (χ1n) is 18.3. The molecule has 0 N–H and O–H groups in total. The highest BCUT2D eigenvalue weighted by atomic mass is 15.2. The van der Waals surface area contributed by atoms with Crippen LogP contribution in [-0.2, 0) is 0 Å². The standard InChI is InChI=1S/C50H44N2/c1-34-15-24-41(25-16-34)51(42-26-17-35(2)18-27-42)49-45-13-9-10-14-46(45)50(48-33-40(23-32-47(48)49)38(5)39-11-7-6-8-12-39)52(43-28-19-36(3)20-29-43)44-30-21-37(4)22-31-44/h6-33,38H,1-5H3. The molecule has 0 aliphatic heterocycles. The van der Waals surface area contributed by atoms with E-state index in [1.54, 1.807) is 0 Å². The summed E-state index contributed by atoms with van der Waals surface area (Å²) in [5.41, 5.74) is 14.4. The summed E-state index contributed by atoms with van der Waals surface area (Å²) in [7, 11) is 0. The molecule has 0 bridgehead atoms. The molecule has 1 unspecified atom stereocenters. The monoisotopic (exact) mass is 672 g/mol. The van der Waals surface area contributed by atoms with E-state index >= 15 is 0 Å². The van der Waals surface area contributed by atoms with Crippen LogP contribution in [0.2, 0.25) is 0 Å². The van der Waals surface area contributed by atoms with Gasteiger partial charge in [0.05, 0.1) is 11.4 Å². The lowest BCUT2D eigenvalue weighted by molar-refractivity contribution is 0.925. The lowest BCUT2D eigenvalue weighted by atomic mass is 9.89. The molecule has 0 heterocycles. The highest BCUT2D eigenvalue weighted by molar-refractivity contribution is 6.23. The summed E-state index contributed by atoms with van der Waals surface area (Å²) in [5.74, 6) is 0.214. The first kappa shape index (κ1) is 33.0. The highest BCUT2D eigenvalue weighted by Gasteiger charge is 2.26. The van der Waals surface area contributed by atoms with E-state index in [0.717, 1.165) is 22.7 Å². The third-order valence-electron chi connectivity index (χ3n) is 10.4. The van der Waals surface area contributed by atoms with Gasteiger partial charge in [-0.25, -0.2) is 0 Å². The fourth-order valence-electron chi connectivity index (χ4n) is 7.43. The van der Waals surface area contributed by atoms with Crippen LogP contribution in [0.1, 0.15) is 46.2 Å². The maximum Gasteiger partial charge on any atom is 0.0620 e. The molecule has 0 amide bonds. The number of fused-ring (bicyclic) bond motifs is 2. The van der Waals surface area contributed by atoms with E-state index in [2.05, 4.69) is 214 Å². The quantitative estimate of drug-likeness (QED) is 0.117. The summed E-state index contributed by atoms with van der Waals surface area (Å²) in [6.45, 7) is 10.9. The fourth-order valence-corrected chi connectivity index (χ4v) is 7.43. The van der Waals surface area contributed by atoms with Crippen molar-refractivity contribution in [3.8, 4) is 0 Å². The molecule has 1 atom stereocenters. The van der Waals surface area contributed by atoms with Gasteiger partial charge in [0.2, 0.25) is 0 Å². The van der Waals surface area contributed by atoms with Gasteiger partial charge in [-0.3, -0.25) is 0 Å². The molecular weight excluding hydrogens is 629 g/mol. The van der Waals surface area contributed by atoms with Crippen LogP contribution >= 0.6 is 0 Å². The van der Waals surface area contributed by atoms with Gasteiger partial charge in [-0.15, -0.1) is 0 Å². The average molecular weight is 673 g/mol. The van der Waals surface area contributed by atoms with Crippen molar-refractivity contribution in [2.24, 2.45) is 0 Å². The van der Waals surface area contributed by atoms with Crippen LogP contribution in [0.5, 0.6) is 0 Å². The molecule has 8 aromatic carbocycles. The smallest absolute Gasteiger partial charge is 0.0620 e. The zero-order chi connectivity index (χ0) is 35.8. The fraction of sp³-hybridized carbons (Fsp3) is 0.120. The summed E-state index contributed by atoms with van der Waals surface area (Å²) in [6.07, 6.45) is 0. The molecule has 254 valence electrons. The van der Waals surface area contributed by atoms with Crippen LogP contribution in [0.25, 0.3) is 21.5 Å². The van der Waals surface area contributed by atoms with Crippen molar-refractivity contribution in [1.29, 1.82) is 0 Å². The Labute approximate surface area is 308 Å². The Bertz CT molecular complexity index is 2390. The summed E-state index contributed by atoms with van der Waals surface area (Å²) in [4.78, 5) is 4.92. The molecule has 0 saturated carbocycles. The molecular formula is C50H44N2. The van der Waals surface area contributed by atoms with Crippen LogP contribution in [0.15, 0.2) is 170 Å². The molecule has 8 aromatic rings. The van der Waals surface area contributed by atoms with E-state index in [0.29, 0.717) is 0 Å². The maximum atomic E-state index is 2.46. The van der Waals surface area contributed by atoms with Crippen molar-refractivity contribution >= 4 is 55.7 Å². The molecule has 0 aromatic heterocycles. The lowest BCUT2D eigenvalue weighted by Crippen LogP contribution is -2.15. The first-order valence-corrected chi connectivity index (χ1v) is 18.3. The van der Waals surface area contributed by atoms with Crippen LogP contribution < -0.4 is 9.80 Å². The largest absolute Gasteiger partial charge is 0.309 e. The Balaban J connectivity index is 1.51. The second-order valence-electron chi connectivity index (χ2n) is 14.2. The maximum absolute atomic E-state index is 2.46. The Morgan fingerprint density at radius 3 is 1.08 bits per heavy atom. The Kier molecular flexibility index (Phi) is 8.83. The minimum atomic E-state index is 0.214. The molecule has 0 aliphatic carbocycles. The van der Waals surface area contributed by atoms with Gasteiger partial charge in [0.15, 0.2) is 0 Å². The Hall–Kier alpha value is -6.12. The summed E-state index contributed by atoms with van der Waals surface area (Å²) < 4.78 is 0. The van der Waals surface area contributed by atoms with Gasteiger partial charge < -0.3 is 9.80 Å². The zero-order valence-corrected chi connectivity index (χ0v) is 30.6. The molecule has 0 aliphatic rings. The summed E-state index contributed by atoms with van der Waals surface area (Å²) >= 11 is 0. The van der Waals surface area contributed by atoms with Gasteiger partial charge in [0, 0.05) is 50.2 Å².